The van der Waals surface area contributed by atoms with Crippen molar-refractivity contribution in [2.45, 2.75) is 12.8 Å². The van der Waals surface area contributed by atoms with E-state index in [1.165, 1.54) is 12.1 Å². The van der Waals surface area contributed by atoms with E-state index in [0.717, 1.165) is 12.8 Å². The fraction of sp³-hybridized carbons (Fsp3) is 0.300. The fourth-order valence-electron chi connectivity index (χ4n) is 3.07. The van der Waals surface area contributed by atoms with Crippen molar-refractivity contribution in [3.8, 4) is 11.8 Å². The fourth-order valence-corrected chi connectivity index (χ4v) is 3.07. The van der Waals surface area contributed by atoms with Crippen molar-refractivity contribution in [1.29, 1.82) is 5.26 Å². The van der Waals surface area contributed by atoms with Crippen LogP contribution in [0.2, 0.25) is 0 Å². The highest BCUT2D eigenvalue weighted by Gasteiger charge is 2.26. The van der Waals surface area contributed by atoms with Crippen LogP contribution in [-0.4, -0.2) is 30.5 Å². The normalized spacial score (nSPS) is 17.0. The van der Waals surface area contributed by atoms with Crippen LogP contribution in [0.5, 0.6) is 5.75 Å². The summed E-state index contributed by atoms with van der Waals surface area (Å²) in [6.07, 6.45) is 1.88. The van der Waals surface area contributed by atoms with Gasteiger partial charge in [0.2, 0.25) is 0 Å². The average molecular weight is 338 g/mol. The lowest BCUT2D eigenvalue weighted by molar-refractivity contribution is 0.0633. The van der Waals surface area contributed by atoms with Crippen molar-refractivity contribution < 1.29 is 13.9 Å². The summed E-state index contributed by atoms with van der Waals surface area (Å²) in [4.78, 5) is 14.5. The van der Waals surface area contributed by atoms with Crippen molar-refractivity contribution in [3.63, 3.8) is 0 Å². The molecule has 0 unspecified atom stereocenters. The second-order valence-electron chi connectivity index (χ2n) is 6.18. The first kappa shape index (κ1) is 17.0. The summed E-state index contributed by atoms with van der Waals surface area (Å²) < 4.78 is 18.6. The molecular weight excluding hydrogens is 319 g/mol. The molecule has 1 fully saturated rings. The van der Waals surface area contributed by atoms with Crippen LogP contribution in [-0.2, 0) is 0 Å². The highest BCUT2D eigenvalue weighted by atomic mass is 19.1. The van der Waals surface area contributed by atoms with E-state index in [1.807, 2.05) is 0 Å². The van der Waals surface area contributed by atoms with Gasteiger partial charge in [0.15, 0.2) is 0 Å². The lowest BCUT2D eigenvalue weighted by Crippen LogP contribution is -2.41. The average Bonchev–Trinajstić information content (AvgIpc) is 2.67. The Balaban J connectivity index is 1.62. The van der Waals surface area contributed by atoms with Gasteiger partial charge >= 0.3 is 0 Å². The summed E-state index contributed by atoms with van der Waals surface area (Å²) in [7, 11) is 0. The second-order valence-corrected chi connectivity index (χ2v) is 6.18. The maximum atomic E-state index is 12.9. The molecule has 5 heteroatoms. The number of nitrogens with zero attached hydrogens (tertiary/aromatic N) is 2. The van der Waals surface area contributed by atoms with E-state index in [9.17, 15) is 14.4 Å². The lowest BCUT2D eigenvalue weighted by Gasteiger charge is -2.33. The maximum absolute atomic E-state index is 12.9. The molecule has 1 amide bonds. The van der Waals surface area contributed by atoms with Gasteiger partial charge in [0.25, 0.3) is 5.91 Å². The lowest BCUT2D eigenvalue weighted by atomic mass is 9.97. The van der Waals surface area contributed by atoms with E-state index in [2.05, 4.69) is 6.07 Å². The number of rotatable bonds is 4. The number of likely N-dealkylation sites (tertiary alicyclic amines) is 1. The van der Waals surface area contributed by atoms with Crippen molar-refractivity contribution in [1.82, 2.24) is 4.90 Å². The van der Waals surface area contributed by atoms with Crippen LogP contribution in [0.25, 0.3) is 0 Å². The van der Waals surface area contributed by atoms with Gasteiger partial charge in [0, 0.05) is 19.0 Å². The quantitative estimate of drug-likeness (QED) is 0.855. The molecule has 1 aliphatic heterocycles. The van der Waals surface area contributed by atoms with Gasteiger partial charge in [-0.25, -0.2) is 4.39 Å². The number of halogens is 1. The molecule has 4 nitrogen and oxygen atoms in total. The Morgan fingerprint density at radius 3 is 2.76 bits per heavy atom. The molecule has 0 spiro atoms. The molecular formula is C20H19FN2O2. The molecule has 0 bridgehead atoms. The van der Waals surface area contributed by atoms with E-state index in [-0.39, 0.29) is 17.6 Å². The van der Waals surface area contributed by atoms with Gasteiger partial charge in [-0.1, -0.05) is 12.1 Å². The molecule has 0 aromatic heterocycles. The highest BCUT2D eigenvalue weighted by molar-refractivity contribution is 5.96. The third kappa shape index (κ3) is 4.16. The van der Waals surface area contributed by atoms with Crippen molar-refractivity contribution in [3.05, 3.63) is 65.5 Å². The minimum absolute atomic E-state index is 0.108. The Hall–Kier alpha value is -2.87. The monoisotopic (exact) mass is 338 g/mol. The van der Waals surface area contributed by atoms with Crippen LogP contribution in [0.15, 0.2) is 48.5 Å². The molecule has 0 N–H and O–H groups in total. The predicted octanol–water partition coefficient (Wildman–Crippen LogP) is 3.63. The predicted molar refractivity (Wildman–Crippen MR) is 91.7 cm³/mol. The Morgan fingerprint density at radius 2 is 2.00 bits per heavy atom. The summed E-state index contributed by atoms with van der Waals surface area (Å²) >= 11 is 0. The third-order valence-electron chi connectivity index (χ3n) is 4.38. The Morgan fingerprint density at radius 1 is 1.24 bits per heavy atom. The molecule has 0 saturated carbocycles. The van der Waals surface area contributed by atoms with E-state index in [1.54, 1.807) is 41.3 Å². The summed E-state index contributed by atoms with van der Waals surface area (Å²) in [5.41, 5.74) is 0.849. The largest absolute Gasteiger partial charge is 0.493 e. The van der Waals surface area contributed by atoms with Crippen LogP contribution in [0, 0.1) is 23.1 Å². The molecule has 0 radical (unpaired) electrons. The summed E-state index contributed by atoms with van der Waals surface area (Å²) in [5, 5.41) is 9.18. The van der Waals surface area contributed by atoms with Crippen LogP contribution in [0.4, 0.5) is 4.39 Å². The maximum Gasteiger partial charge on any atom is 0.255 e. The van der Waals surface area contributed by atoms with Gasteiger partial charge in [-0.15, -0.1) is 0 Å². The number of carbonyl (C=O) groups excluding carboxylic acids is 1. The summed E-state index contributed by atoms with van der Waals surface area (Å²) in [5.74, 6) is 0.443. The summed E-state index contributed by atoms with van der Waals surface area (Å²) in [6, 6.07) is 14.9. The van der Waals surface area contributed by atoms with Crippen LogP contribution in [0.1, 0.15) is 28.8 Å². The first-order valence-electron chi connectivity index (χ1n) is 8.34. The number of ether oxygens (including phenoxy) is 1. The molecule has 1 atom stereocenters. The Labute approximate surface area is 146 Å². The molecule has 3 rings (SSSR count). The minimum Gasteiger partial charge on any atom is -0.493 e. The molecule has 25 heavy (non-hydrogen) atoms. The van der Waals surface area contributed by atoms with Gasteiger partial charge in [0.05, 0.1) is 23.8 Å². The zero-order valence-electron chi connectivity index (χ0n) is 13.8. The van der Waals surface area contributed by atoms with E-state index in [4.69, 9.17) is 4.74 Å². The van der Waals surface area contributed by atoms with Crippen molar-refractivity contribution in [2.75, 3.05) is 19.7 Å². The standard InChI is InChI=1S/C20H19FN2O2/c21-17-7-9-18(10-8-17)25-14-15-4-3-11-23(13-15)20(24)19-6-2-1-5-16(19)12-22/h1-2,5-10,15H,3-4,11,13-14H2/t15-/m1/s1. The van der Waals surface area contributed by atoms with Gasteiger partial charge < -0.3 is 9.64 Å². The van der Waals surface area contributed by atoms with Crippen LogP contribution < -0.4 is 4.74 Å². The zero-order chi connectivity index (χ0) is 17.6. The molecule has 1 heterocycles. The molecule has 2 aromatic carbocycles. The summed E-state index contributed by atoms with van der Waals surface area (Å²) in [6.45, 7) is 1.76. The first-order valence-corrected chi connectivity index (χ1v) is 8.34. The van der Waals surface area contributed by atoms with E-state index in [0.29, 0.717) is 36.6 Å². The highest BCUT2D eigenvalue weighted by Crippen LogP contribution is 2.21. The van der Waals surface area contributed by atoms with Crippen LogP contribution in [0.3, 0.4) is 0 Å². The number of benzene rings is 2. The number of amides is 1. The van der Waals surface area contributed by atoms with Crippen molar-refractivity contribution >= 4 is 5.91 Å². The number of piperidine rings is 1. The van der Waals surface area contributed by atoms with E-state index >= 15 is 0 Å². The number of hydrogen-bond acceptors (Lipinski definition) is 3. The molecule has 2 aromatic rings. The smallest absolute Gasteiger partial charge is 0.255 e. The third-order valence-corrected chi connectivity index (χ3v) is 4.38. The zero-order valence-corrected chi connectivity index (χ0v) is 13.8. The molecule has 128 valence electrons. The second kappa shape index (κ2) is 7.80. The minimum atomic E-state index is -0.294. The molecule has 1 saturated heterocycles. The number of carbonyl (C=O) groups is 1. The SMILES string of the molecule is N#Cc1ccccc1C(=O)N1CCC[C@@H](COc2ccc(F)cc2)C1. The topological polar surface area (TPSA) is 53.3 Å². The van der Waals surface area contributed by atoms with Gasteiger partial charge in [0.1, 0.15) is 11.6 Å². The van der Waals surface area contributed by atoms with Crippen LogP contribution >= 0.6 is 0 Å². The van der Waals surface area contributed by atoms with Crippen molar-refractivity contribution in [2.24, 2.45) is 5.92 Å². The van der Waals surface area contributed by atoms with Gasteiger partial charge in [-0.2, -0.15) is 5.26 Å². The Kier molecular flexibility index (Phi) is 5.30. The molecule has 0 aliphatic carbocycles. The molecule has 1 aliphatic rings. The van der Waals surface area contributed by atoms with Gasteiger partial charge in [-0.05, 0) is 49.2 Å². The van der Waals surface area contributed by atoms with E-state index < -0.39 is 0 Å². The number of nitriles is 1. The van der Waals surface area contributed by atoms with Gasteiger partial charge in [-0.3, -0.25) is 4.79 Å². The Bertz CT molecular complexity index is 783. The first-order chi connectivity index (χ1) is 12.2. The number of hydrogen-bond donors (Lipinski definition) is 0.